The van der Waals surface area contributed by atoms with Gasteiger partial charge >= 0.3 is 0 Å². The molecule has 2 aliphatic rings. The molecule has 1 aromatic rings. The van der Waals surface area contributed by atoms with E-state index in [4.69, 9.17) is 4.74 Å². The van der Waals surface area contributed by atoms with Crippen molar-refractivity contribution in [1.29, 1.82) is 0 Å². The first kappa shape index (κ1) is 17.4. The van der Waals surface area contributed by atoms with Crippen LogP contribution in [-0.4, -0.2) is 62.1 Å². The molecule has 2 atom stereocenters. The highest BCUT2D eigenvalue weighted by molar-refractivity contribution is 5.78. The largest absolute Gasteiger partial charge is 0.377 e. The minimum Gasteiger partial charge on any atom is -0.377 e. The Balaban J connectivity index is 1.62. The van der Waals surface area contributed by atoms with Crippen molar-refractivity contribution in [2.24, 2.45) is 11.8 Å². The van der Waals surface area contributed by atoms with Crippen molar-refractivity contribution in [1.82, 2.24) is 9.80 Å². The Morgan fingerprint density at radius 1 is 1.21 bits per heavy atom. The number of carbonyl (C=O) groups excluding carboxylic acids is 1. The Morgan fingerprint density at radius 3 is 2.62 bits per heavy atom. The number of likely N-dealkylation sites (tertiary alicyclic amines) is 1. The quantitative estimate of drug-likeness (QED) is 0.770. The van der Waals surface area contributed by atoms with Crippen LogP contribution in [0.25, 0.3) is 0 Å². The van der Waals surface area contributed by atoms with E-state index < -0.39 is 0 Å². The van der Waals surface area contributed by atoms with Crippen LogP contribution in [0.4, 0.5) is 0 Å². The zero-order valence-electron chi connectivity index (χ0n) is 15.0. The van der Waals surface area contributed by atoms with Crippen molar-refractivity contribution >= 4 is 5.91 Å². The predicted octanol–water partition coefficient (Wildman–Crippen LogP) is 2.43. The topological polar surface area (TPSA) is 32.8 Å². The maximum Gasteiger partial charge on any atom is 0.236 e. The van der Waals surface area contributed by atoms with Gasteiger partial charge in [0.25, 0.3) is 0 Å². The van der Waals surface area contributed by atoms with Gasteiger partial charge in [-0.05, 0) is 51.3 Å². The minimum atomic E-state index is 0.235. The normalized spacial score (nSPS) is 24.4. The highest BCUT2D eigenvalue weighted by Crippen LogP contribution is 2.31. The monoisotopic (exact) mass is 330 g/mol. The Labute approximate surface area is 145 Å². The molecule has 2 fully saturated rings. The van der Waals surface area contributed by atoms with E-state index in [1.165, 1.54) is 18.4 Å². The van der Waals surface area contributed by atoms with E-state index in [0.717, 1.165) is 38.5 Å². The summed E-state index contributed by atoms with van der Waals surface area (Å²) < 4.78 is 6.25. The second-order valence-corrected chi connectivity index (χ2v) is 7.63. The first-order valence-electron chi connectivity index (χ1n) is 9.20. The van der Waals surface area contributed by atoms with Gasteiger partial charge < -0.3 is 14.5 Å². The van der Waals surface area contributed by atoms with E-state index >= 15 is 0 Å². The van der Waals surface area contributed by atoms with E-state index in [-0.39, 0.29) is 12.0 Å². The molecule has 1 amide bonds. The summed E-state index contributed by atoms with van der Waals surface area (Å²) in [4.78, 5) is 16.4. The second kappa shape index (κ2) is 8.13. The van der Waals surface area contributed by atoms with E-state index in [1.54, 1.807) is 0 Å². The molecule has 0 aromatic heterocycles. The predicted molar refractivity (Wildman–Crippen MR) is 95.9 cm³/mol. The van der Waals surface area contributed by atoms with Gasteiger partial charge in [0, 0.05) is 25.6 Å². The number of nitrogens with zero attached hydrogens (tertiary/aromatic N) is 2. The van der Waals surface area contributed by atoms with Crippen molar-refractivity contribution in [2.75, 3.05) is 40.3 Å². The third-order valence-electron chi connectivity index (χ3n) is 5.05. The number of piperidine rings is 1. The molecule has 0 radical (unpaired) electrons. The van der Waals surface area contributed by atoms with Crippen LogP contribution in [0.3, 0.4) is 0 Å². The van der Waals surface area contributed by atoms with Crippen molar-refractivity contribution in [3.63, 3.8) is 0 Å². The molecule has 1 heterocycles. The van der Waals surface area contributed by atoms with Crippen molar-refractivity contribution in [3.8, 4) is 0 Å². The standard InChI is InChI=1S/C20H30N2O2/c1-21(2)14-20(23)22-11-10-19(24-15-17-8-9-17)18(13-22)12-16-6-4-3-5-7-16/h3-7,17-19H,8-15H2,1-2H3/t18-,19+/m0/s1. The third kappa shape index (κ3) is 5.05. The number of rotatable bonds is 7. The summed E-state index contributed by atoms with van der Waals surface area (Å²) in [6, 6.07) is 10.6. The van der Waals surface area contributed by atoms with E-state index in [1.807, 2.05) is 23.9 Å². The smallest absolute Gasteiger partial charge is 0.236 e. The summed E-state index contributed by atoms with van der Waals surface area (Å²) >= 11 is 0. The minimum absolute atomic E-state index is 0.235. The number of benzene rings is 1. The SMILES string of the molecule is CN(C)CC(=O)N1CC[C@@H](OCC2CC2)[C@@H](Cc2ccccc2)C1. The van der Waals surface area contributed by atoms with Crippen molar-refractivity contribution < 1.29 is 9.53 Å². The summed E-state index contributed by atoms with van der Waals surface area (Å²) in [7, 11) is 3.90. The first-order chi connectivity index (χ1) is 11.6. The fourth-order valence-electron chi connectivity index (χ4n) is 3.48. The molecule has 1 aliphatic heterocycles. The maximum absolute atomic E-state index is 12.4. The lowest BCUT2D eigenvalue weighted by molar-refractivity contribution is -0.137. The van der Waals surface area contributed by atoms with Crippen LogP contribution in [-0.2, 0) is 16.0 Å². The molecule has 0 bridgehead atoms. The van der Waals surface area contributed by atoms with Gasteiger partial charge in [-0.2, -0.15) is 0 Å². The number of likely N-dealkylation sites (N-methyl/N-ethyl adjacent to an activating group) is 1. The average Bonchev–Trinajstić information content (AvgIpc) is 3.38. The summed E-state index contributed by atoms with van der Waals surface area (Å²) in [5, 5.41) is 0. The number of amides is 1. The van der Waals surface area contributed by atoms with Gasteiger partial charge in [0.1, 0.15) is 0 Å². The maximum atomic E-state index is 12.4. The Morgan fingerprint density at radius 2 is 1.96 bits per heavy atom. The average molecular weight is 330 g/mol. The molecule has 3 rings (SSSR count). The summed E-state index contributed by atoms with van der Waals surface area (Å²) in [6.45, 7) is 3.04. The third-order valence-corrected chi connectivity index (χ3v) is 5.05. The summed E-state index contributed by atoms with van der Waals surface area (Å²) in [5.74, 6) is 1.42. The van der Waals surface area contributed by atoms with Gasteiger partial charge in [0.05, 0.1) is 12.6 Å². The van der Waals surface area contributed by atoms with Gasteiger partial charge in [0.15, 0.2) is 0 Å². The molecule has 1 saturated carbocycles. The Kier molecular flexibility index (Phi) is 5.90. The molecule has 4 nitrogen and oxygen atoms in total. The molecule has 4 heteroatoms. The van der Waals surface area contributed by atoms with Crippen LogP contribution in [0.2, 0.25) is 0 Å². The lowest BCUT2D eigenvalue weighted by atomic mass is 9.88. The molecule has 0 unspecified atom stereocenters. The molecule has 0 N–H and O–H groups in total. The highest BCUT2D eigenvalue weighted by Gasteiger charge is 2.33. The molecular weight excluding hydrogens is 300 g/mol. The number of carbonyl (C=O) groups is 1. The van der Waals surface area contributed by atoms with Gasteiger partial charge in [-0.3, -0.25) is 4.79 Å². The fourth-order valence-corrected chi connectivity index (χ4v) is 3.48. The van der Waals surface area contributed by atoms with Crippen LogP contribution in [0.5, 0.6) is 0 Å². The van der Waals surface area contributed by atoms with E-state index in [2.05, 4.69) is 30.3 Å². The van der Waals surface area contributed by atoms with Gasteiger partial charge in [-0.1, -0.05) is 30.3 Å². The van der Waals surface area contributed by atoms with Crippen LogP contribution >= 0.6 is 0 Å². The first-order valence-corrected chi connectivity index (χ1v) is 9.20. The molecule has 132 valence electrons. The van der Waals surface area contributed by atoms with Crippen LogP contribution < -0.4 is 0 Å². The number of hydrogen-bond acceptors (Lipinski definition) is 3. The van der Waals surface area contributed by atoms with E-state index in [0.29, 0.717) is 12.5 Å². The lowest BCUT2D eigenvalue weighted by Gasteiger charge is -2.39. The fraction of sp³-hybridized carbons (Fsp3) is 0.650. The Bertz CT molecular complexity index is 528. The molecule has 1 aromatic carbocycles. The van der Waals surface area contributed by atoms with Gasteiger partial charge in [0.2, 0.25) is 5.91 Å². The van der Waals surface area contributed by atoms with Crippen LogP contribution in [0.15, 0.2) is 30.3 Å². The van der Waals surface area contributed by atoms with Crippen LogP contribution in [0, 0.1) is 11.8 Å². The molecule has 0 spiro atoms. The van der Waals surface area contributed by atoms with Gasteiger partial charge in [-0.25, -0.2) is 0 Å². The van der Waals surface area contributed by atoms with E-state index in [9.17, 15) is 4.79 Å². The van der Waals surface area contributed by atoms with Crippen molar-refractivity contribution in [2.45, 2.75) is 31.8 Å². The second-order valence-electron chi connectivity index (χ2n) is 7.63. The zero-order chi connectivity index (χ0) is 16.9. The van der Waals surface area contributed by atoms with Crippen molar-refractivity contribution in [3.05, 3.63) is 35.9 Å². The Hall–Kier alpha value is -1.39. The van der Waals surface area contributed by atoms with Crippen LogP contribution in [0.1, 0.15) is 24.8 Å². The highest BCUT2D eigenvalue weighted by atomic mass is 16.5. The molecule has 1 aliphatic carbocycles. The van der Waals surface area contributed by atoms with Gasteiger partial charge in [-0.15, -0.1) is 0 Å². The molecular formula is C20H30N2O2. The summed E-state index contributed by atoms with van der Waals surface area (Å²) in [5.41, 5.74) is 1.34. The lowest BCUT2D eigenvalue weighted by Crippen LogP contribution is -2.49. The molecule has 1 saturated heterocycles. The number of hydrogen-bond donors (Lipinski definition) is 0. The zero-order valence-corrected chi connectivity index (χ0v) is 15.0. The number of ether oxygens (including phenoxy) is 1. The summed E-state index contributed by atoms with van der Waals surface area (Å²) in [6.07, 6.45) is 4.88. The molecule has 24 heavy (non-hydrogen) atoms.